The Morgan fingerprint density at radius 2 is 2.12 bits per heavy atom. The van der Waals surface area contributed by atoms with Crippen LogP contribution in [-0.2, 0) is 0 Å². The predicted molar refractivity (Wildman–Crippen MR) is 66.1 cm³/mol. The van der Waals surface area contributed by atoms with Gasteiger partial charge in [-0.25, -0.2) is 9.78 Å². The molecule has 2 N–H and O–H groups in total. The standard InChI is InChI=1S/C11H13FN2O2Si/c1-17(2,3)7-6-8-4-5-9(12)13-10(8)14-11(15)16/h4-5H,1-3H3,(H,13,14)(H,15,16). The van der Waals surface area contributed by atoms with E-state index < -0.39 is 20.1 Å². The van der Waals surface area contributed by atoms with Crippen molar-refractivity contribution in [3.63, 3.8) is 0 Å². The van der Waals surface area contributed by atoms with E-state index in [0.717, 1.165) is 6.07 Å². The third-order valence-corrected chi connectivity index (χ3v) is 2.53. The molecule has 1 amide bonds. The molecule has 1 heterocycles. The fourth-order valence-electron chi connectivity index (χ4n) is 0.988. The lowest BCUT2D eigenvalue weighted by Gasteiger charge is -2.05. The number of carbonyl (C=O) groups is 1. The number of carboxylic acid groups (broad SMARTS) is 1. The minimum atomic E-state index is -1.57. The van der Waals surface area contributed by atoms with Crippen LogP contribution in [0.2, 0.25) is 19.6 Å². The van der Waals surface area contributed by atoms with Crippen LogP contribution in [0, 0.1) is 17.4 Å². The predicted octanol–water partition coefficient (Wildman–Crippen LogP) is 2.54. The van der Waals surface area contributed by atoms with Gasteiger partial charge >= 0.3 is 6.09 Å². The summed E-state index contributed by atoms with van der Waals surface area (Å²) in [6.07, 6.45) is -1.29. The molecule has 90 valence electrons. The van der Waals surface area contributed by atoms with E-state index in [0.29, 0.717) is 5.56 Å². The third kappa shape index (κ3) is 4.65. The summed E-state index contributed by atoms with van der Waals surface area (Å²) in [5.74, 6) is 2.03. The number of hydrogen-bond donors (Lipinski definition) is 2. The van der Waals surface area contributed by atoms with Gasteiger partial charge in [-0.3, -0.25) is 5.32 Å². The number of nitrogens with zero attached hydrogens (tertiary/aromatic N) is 1. The molecule has 0 fully saturated rings. The Labute approximate surface area is 99.9 Å². The monoisotopic (exact) mass is 252 g/mol. The number of anilines is 1. The van der Waals surface area contributed by atoms with E-state index in [1.807, 2.05) is 5.32 Å². The molecule has 0 spiro atoms. The normalized spacial score (nSPS) is 10.4. The number of nitrogens with one attached hydrogen (secondary N) is 1. The van der Waals surface area contributed by atoms with Gasteiger partial charge < -0.3 is 5.11 Å². The summed E-state index contributed by atoms with van der Waals surface area (Å²) < 4.78 is 12.9. The first-order valence-electron chi connectivity index (χ1n) is 4.97. The van der Waals surface area contributed by atoms with Crippen LogP contribution in [0.3, 0.4) is 0 Å². The summed E-state index contributed by atoms with van der Waals surface area (Å²) in [4.78, 5) is 14.0. The molecule has 0 bridgehead atoms. The highest BCUT2D eigenvalue weighted by molar-refractivity contribution is 6.83. The highest BCUT2D eigenvalue weighted by atomic mass is 28.3. The smallest absolute Gasteiger partial charge is 0.410 e. The van der Waals surface area contributed by atoms with E-state index in [1.54, 1.807) is 0 Å². The maximum Gasteiger partial charge on any atom is 0.410 e. The molecular formula is C11H13FN2O2Si. The molecule has 0 aromatic carbocycles. The minimum absolute atomic E-state index is 0.0664. The Morgan fingerprint density at radius 3 is 2.65 bits per heavy atom. The van der Waals surface area contributed by atoms with E-state index in [9.17, 15) is 9.18 Å². The fourth-order valence-corrected chi connectivity index (χ4v) is 1.50. The number of hydrogen-bond acceptors (Lipinski definition) is 2. The number of amides is 1. The molecule has 1 rings (SSSR count). The van der Waals surface area contributed by atoms with Gasteiger partial charge in [0.2, 0.25) is 5.95 Å². The second-order valence-corrected chi connectivity index (χ2v) is 9.21. The first-order chi connectivity index (χ1) is 7.78. The highest BCUT2D eigenvalue weighted by Crippen LogP contribution is 2.12. The second-order valence-electron chi connectivity index (χ2n) is 4.46. The molecule has 1 aromatic rings. The quantitative estimate of drug-likeness (QED) is 0.458. The minimum Gasteiger partial charge on any atom is -0.465 e. The van der Waals surface area contributed by atoms with Gasteiger partial charge in [-0.05, 0) is 12.1 Å². The Bertz CT molecular complexity index is 500. The highest BCUT2D eigenvalue weighted by Gasteiger charge is 2.10. The lowest BCUT2D eigenvalue weighted by Crippen LogP contribution is -2.16. The van der Waals surface area contributed by atoms with E-state index >= 15 is 0 Å². The topological polar surface area (TPSA) is 62.2 Å². The van der Waals surface area contributed by atoms with Crippen LogP contribution in [0.25, 0.3) is 0 Å². The molecule has 0 aliphatic rings. The second kappa shape index (κ2) is 4.97. The lowest BCUT2D eigenvalue weighted by atomic mass is 10.2. The summed E-state index contributed by atoms with van der Waals surface area (Å²) in [6.45, 7) is 6.17. The Balaban J connectivity index is 3.13. The summed E-state index contributed by atoms with van der Waals surface area (Å²) in [5, 5.41) is 10.6. The molecule has 0 unspecified atom stereocenters. The third-order valence-electron chi connectivity index (χ3n) is 1.66. The van der Waals surface area contributed by atoms with Crippen LogP contribution in [0.15, 0.2) is 12.1 Å². The van der Waals surface area contributed by atoms with Crippen molar-refractivity contribution in [1.82, 2.24) is 4.98 Å². The van der Waals surface area contributed by atoms with Gasteiger partial charge in [0.15, 0.2) is 5.82 Å². The van der Waals surface area contributed by atoms with Crippen LogP contribution in [0.5, 0.6) is 0 Å². The van der Waals surface area contributed by atoms with Gasteiger partial charge in [0, 0.05) is 0 Å². The lowest BCUT2D eigenvalue weighted by molar-refractivity contribution is 0.209. The Kier molecular flexibility index (Phi) is 3.86. The van der Waals surface area contributed by atoms with Crippen LogP contribution in [0.4, 0.5) is 15.0 Å². The molecule has 0 atom stereocenters. The molecule has 4 nitrogen and oxygen atoms in total. The van der Waals surface area contributed by atoms with Crippen molar-refractivity contribution in [2.75, 3.05) is 5.32 Å². The average molecular weight is 252 g/mol. The molecule has 6 heteroatoms. The summed E-state index contributed by atoms with van der Waals surface area (Å²) in [7, 11) is -1.57. The van der Waals surface area contributed by atoms with Crippen molar-refractivity contribution in [2.45, 2.75) is 19.6 Å². The molecule has 0 aliphatic heterocycles. The van der Waals surface area contributed by atoms with Crippen molar-refractivity contribution >= 4 is 20.0 Å². The van der Waals surface area contributed by atoms with E-state index in [4.69, 9.17) is 5.11 Å². The fraction of sp³-hybridized carbons (Fsp3) is 0.273. The van der Waals surface area contributed by atoms with Crippen LogP contribution in [0.1, 0.15) is 5.56 Å². The number of rotatable bonds is 1. The van der Waals surface area contributed by atoms with E-state index in [2.05, 4.69) is 36.1 Å². The van der Waals surface area contributed by atoms with Crippen LogP contribution >= 0.6 is 0 Å². The molecule has 0 radical (unpaired) electrons. The zero-order valence-electron chi connectivity index (χ0n) is 9.84. The van der Waals surface area contributed by atoms with Gasteiger partial charge in [-0.1, -0.05) is 25.6 Å². The SMILES string of the molecule is C[Si](C)(C)C#Cc1ccc(F)nc1NC(=O)O. The van der Waals surface area contributed by atoms with Crippen LogP contribution < -0.4 is 5.32 Å². The maximum atomic E-state index is 12.9. The van der Waals surface area contributed by atoms with Gasteiger partial charge in [0.25, 0.3) is 0 Å². The van der Waals surface area contributed by atoms with E-state index in [-0.39, 0.29) is 5.82 Å². The summed E-state index contributed by atoms with van der Waals surface area (Å²) >= 11 is 0. The van der Waals surface area contributed by atoms with Crippen molar-refractivity contribution in [1.29, 1.82) is 0 Å². The maximum absolute atomic E-state index is 12.9. The van der Waals surface area contributed by atoms with Crippen LogP contribution in [-0.4, -0.2) is 24.3 Å². The van der Waals surface area contributed by atoms with Gasteiger partial charge in [0.05, 0.1) is 5.56 Å². The molecule has 17 heavy (non-hydrogen) atoms. The van der Waals surface area contributed by atoms with Crippen molar-refractivity contribution < 1.29 is 14.3 Å². The largest absolute Gasteiger partial charge is 0.465 e. The molecule has 1 aromatic heterocycles. The van der Waals surface area contributed by atoms with Crippen molar-refractivity contribution in [3.8, 4) is 11.5 Å². The molecule has 0 saturated heterocycles. The van der Waals surface area contributed by atoms with Crippen molar-refractivity contribution in [3.05, 3.63) is 23.6 Å². The van der Waals surface area contributed by atoms with Gasteiger partial charge in [-0.15, -0.1) is 5.54 Å². The molecule has 0 aliphatic carbocycles. The Morgan fingerprint density at radius 1 is 1.47 bits per heavy atom. The number of halogens is 1. The molecule has 0 saturated carbocycles. The zero-order chi connectivity index (χ0) is 13.1. The zero-order valence-corrected chi connectivity index (χ0v) is 10.8. The molecular weight excluding hydrogens is 239 g/mol. The van der Waals surface area contributed by atoms with Crippen molar-refractivity contribution in [2.24, 2.45) is 0 Å². The van der Waals surface area contributed by atoms with E-state index in [1.165, 1.54) is 6.07 Å². The summed E-state index contributed by atoms with van der Waals surface area (Å²) in [5.41, 5.74) is 3.45. The Hall–Kier alpha value is -1.87. The van der Waals surface area contributed by atoms with Gasteiger partial charge in [0.1, 0.15) is 8.07 Å². The first-order valence-corrected chi connectivity index (χ1v) is 8.47. The first kappa shape index (κ1) is 13.2. The number of pyridine rings is 1. The van der Waals surface area contributed by atoms with Gasteiger partial charge in [-0.2, -0.15) is 4.39 Å². The summed E-state index contributed by atoms with van der Waals surface area (Å²) in [6, 6.07) is 2.57. The average Bonchev–Trinajstić information content (AvgIpc) is 2.14. The number of aromatic nitrogens is 1.